The molecule has 1 aliphatic heterocycles. The summed E-state index contributed by atoms with van der Waals surface area (Å²) in [5.74, 6) is -0.669. The number of benzene rings is 1. The van der Waals surface area contributed by atoms with Gasteiger partial charge in [-0.2, -0.15) is 0 Å². The molecule has 5 heteroatoms. The number of carbonyl (C=O) groups excluding carboxylic acids is 1. The lowest BCUT2D eigenvalue weighted by atomic mass is 9.92. The van der Waals surface area contributed by atoms with Crippen molar-refractivity contribution >= 4 is 23.6 Å². The Hall–Kier alpha value is -2.14. The second kappa shape index (κ2) is 7.04. The van der Waals surface area contributed by atoms with Gasteiger partial charge in [0, 0.05) is 11.8 Å². The van der Waals surface area contributed by atoms with Gasteiger partial charge in [-0.15, -0.1) is 0 Å². The number of hydrogen-bond donors (Lipinski definition) is 3. The summed E-state index contributed by atoms with van der Waals surface area (Å²) in [5.41, 5.74) is 1.49. The van der Waals surface area contributed by atoms with Crippen molar-refractivity contribution in [1.29, 1.82) is 0 Å². The number of rotatable bonds is 4. The maximum Gasteiger partial charge on any atom is 0.328 e. The zero-order valence-corrected chi connectivity index (χ0v) is 12.0. The predicted molar refractivity (Wildman–Crippen MR) is 81.9 cm³/mol. The zero-order valence-electron chi connectivity index (χ0n) is 12.0. The van der Waals surface area contributed by atoms with Crippen LogP contribution in [0.2, 0.25) is 0 Å². The lowest BCUT2D eigenvalue weighted by Gasteiger charge is -2.28. The van der Waals surface area contributed by atoms with E-state index in [1.807, 2.05) is 0 Å². The minimum absolute atomic E-state index is 0.0176. The van der Waals surface area contributed by atoms with Gasteiger partial charge in [0.2, 0.25) is 5.91 Å². The van der Waals surface area contributed by atoms with E-state index >= 15 is 0 Å². The summed E-state index contributed by atoms with van der Waals surface area (Å²) in [6, 6.07) is 6.93. The van der Waals surface area contributed by atoms with Crippen molar-refractivity contribution in [1.82, 2.24) is 5.32 Å². The minimum atomic E-state index is -0.982. The SMILES string of the molecule is CC1CCCNC1C(=O)Nc1ccc(/C=C/C(=O)O)cc1. The molecule has 1 aromatic carbocycles. The third-order valence-corrected chi connectivity index (χ3v) is 3.65. The molecule has 1 amide bonds. The van der Waals surface area contributed by atoms with Crippen molar-refractivity contribution in [2.24, 2.45) is 5.92 Å². The summed E-state index contributed by atoms with van der Waals surface area (Å²) in [6.07, 6.45) is 4.76. The van der Waals surface area contributed by atoms with Crippen LogP contribution in [-0.2, 0) is 9.59 Å². The van der Waals surface area contributed by atoms with Crippen molar-refractivity contribution in [2.45, 2.75) is 25.8 Å². The van der Waals surface area contributed by atoms with Crippen LogP contribution in [0.15, 0.2) is 30.3 Å². The monoisotopic (exact) mass is 288 g/mol. The van der Waals surface area contributed by atoms with Crippen LogP contribution in [0.5, 0.6) is 0 Å². The third-order valence-electron chi connectivity index (χ3n) is 3.65. The highest BCUT2D eigenvalue weighted by Gasteiger charge is 2.27. The molecule has 21 heavy (non-hydrogen) atoms. The van der Waals surface area contributed by atoms with Crippen molar-refractivity contribution in [3.05, 3.63) is 35.9 Å². The van der Waals surface area contributed by atoms with Crippen LogP contribution in [0.1, 0.15) is 25.3 Å². The van der Waals surface area contributed by atoms with E-state index in [2.05, 4.69) is 17.6 Å². The largest absolute Gasteiger partial charge is 0.478 e. The average molecular weight is 288 g/mol. The molecule has 112 valence electrons. The van der Waals surface area contributed by atoms with E-state index in [0.29, 0.717) is 11.6 Å². The number of hydrogen-bond acceptors (Lipinski definition) is 3. The van der Waals surface area contributed by atoms with E-state index in [-0.39, 0.29) is 11.9 Å². The van der Waals surface area contributed by atoms with Gasteiger partial charge in [0.15, 0.2) is 0 Å². The fourth-order valence-electron chi connectivity index (χ4n) is 2.47. The Balaban J connectivity index is 1.96. The van der Waals surface area contributed by atoms with Crippen LogP contribution in [0, 0.1) is 5.92 Å². The Labute approximate surface area is 124 Å². The highest BCUT2D eigenvalue weighted by atomic mass is 16.4. The molecule has 1 heterocycles. The van der Waals surface area contributed by atoms with Gasteiger partial charge < -0.3 is 15.7 Å². The second-order valence-corrected chi connectivity index (χ2v) is 5.33. The van der Waals surface area contributed by atoms with E-state index in [1.54, 1.807) is 24.3 Å². The molecule has 1 aromatic rings. The van der Waals surface area contributed by atoms with Gasteiger partial charge in [-0.3, -0.25) is 4.79 Å². The summed E-state index contributed by atoms with van der Waals surface area (Å²) in [7, 11) is 0. The highest BCUT2D eigenvalue weighted by molar-refractivity contribution is 5.95. The fourth-order valence-corrected chi connectivity index (χ4v) is 2.47. The van der Waals surface area contributed by atoms with Gasteiger partial charge in [-0.05, 0) is 49.1 Å². The van der Waals surface area contributed by atoms with Crippen LogP contribution in [0.3, 0.4) is 0 Å². The number of aliphatic carboxylic acids is 1. The molecule has 0 aromatic heterocycles. The Morgan fingerprint density at radius 2 is 2.05 bits per heavy atom. The maximum atomic E-state index is 12.2. The first kappa shape index (κ1) is 15.3. The van der Waals surface area contributed by atoms with Crippen molar-refractivity contribution in [2.75, 3.05) is 11.9 Å². The molecule has 0 aliphatic carbocycles. The average Bonchev–Trinajstić information content (AvgIpc) is 2.47. The predicted octanol–water partition coefficient (Wildman–Crippen LogP) is 2.11. The summed E-state index contributed by atoms with van der Waals surface area (Å²) in [5, 5.41) is 14.7. The molecule has 2 atom stereocenters. The number of carboxylic acids is 1. The topological polar surface area (TPSA) is 78.4 Å². The maximum absolute atomic E-state index is 12.2. The molecule has 1 fully saturated rings. The van der Waals surface area contributed by atoms with E-state index in [0.717, 1.165) is 31.0 Å². The third kappa shape index (κ3) is 4.43. The molecule has 1 saturated heterocycles. The normalized spacial score (nSPS) is 22.1. The van der Waals surface area contributed by atoms with Gasteiger partial charge in [-0.25, -0.2) is 4.79 Å². The molecule has 1 aliphatic rings. The number of anilines is 1. The molecule has 0 radical (unpaired) electrons. The quantitative estimate of drug-likeness (QED) is 0.741. The van der Waals surface area contributed by atoms with Gasteiger partial charge >= 0.3 is 5.97 Å². The molecular weight excluding hydrogens is 268 g/mol. The Morgan fingerprint density at radius 1 is 1.33 bits per heavy atom. The number of piperidine rings is 1. The van der Waals surface area contributed by atoms with Crippen LogP contribution in [0.25, 0.3) is 6.08 Å². The Bertz CT molecular complexity index is 537. The molecule has 3 N–H and O–H groups in total. The molecule has 0 saturated carbocycles. The lowest BCUT2D eigenvalue weighted by Crippen LogP contribution is -2.48. The van der Waals surface area contributed by atoms with Gasteiger partial charge in [0.05, 0.1) is 6.04 Å². The number of nitrogens with one attached hydrogen (secondary N) is 2. The van der Waals surface area contributed by atoms with Crippen LogP contribution >= 0.6 is 0 Å². The van der Waals surface area contributed by atoms with Crippen LogP contribution in [-0.4, -0.2) is 29.6 Å². The summed E-state index contributed by atoms with van der Waals surface area (Å²) < 4.78 is 0. The van der Waals surface area contributed by atoms with Crippen LogP contribution < -0.4 is 10.6 Å². The van der Waals surface area contributed by atoms with Crippen molar-refractivity contribution in [3.63, 3.8) is 0 Å². The number of carboxylic acid groups (broad SMARTS) is 1. The first-order chi connectivity index (χ1) is 10.1. The molecule has 2 rings (SSSR count). The fraction of sp³-hybridized carbons (Fsp3) is 0.375. The van der Waals surface area contributed by atoms with Crippen molar-refractivity contribution in [3.8, 4) is 0 Å². The zero-order chi connectivity index (χ0) is 15.2. The van der Waals surface area contributed by atoms with E-state index in [1.165, 1.54) is 6.08 Å². The van der Waals surface area contributed by atoms with Gasteiger partial charge in [0.25, 0.3) is 0 Å². The van der Waals surface area contributed by atoms with E-state index in [4.69, 9.17) is 5.11 Å². The van der Waals surface area contributed by atoms with E-state index in [9.17, 15) is 9.59 Å². The minimum Gasteiger partial charge on any atom is -0.478 e. The molecule has 5 nitrogen and oxygen atoms in total. The van der Waals surface area contributed by atoms with Gasteiger partial charge in [-0.1, -0.05) is 19.1 Å². The Morgan fingerprint density at radius 3 is 2.67 bits per heavy atom. The molecule has 0 spiro atoms. The summed E-state index contributed by atoms with van der Waals surface area (Å²) >= 11 is 0. The summed E-state index contributed by atoms with van der Waals surface area (Å²) in [6.45, 7) is 2.96. The molecule has 0 bridgehead atoms. The van der Waals surface area contributed by atoms with E-state index < -0.39 is 5.97 Å². The second-order valence-electron chi connectivity index (χ2n) is 5.33. The highest BCUT2D eigenvalue weighted by Crippen LogP contribution is 2.18. The van der Waals surface area contributed by atoms with Crippen LogP contribution in [0.4, 0.5) is 5.69 Å². The lowest BCUT2D eigenvalue weighted by molar-refractivity contribution is -0.131. The smallest absolute Gasteiger partial charge is 0.328 e. The number of carbonyl (C=O) groups is 2. The summed E-state index contributed by atoms with van der Waals surface area (Å²) in [4.78, 5) is 22.7. The standard InChI is InChI=1S/C16H20N2O3/c1-11-3-2-10-17-15(11)16(21)18-13-7-4-12(5-8-13)6-9-14(19)20/h4-9,11,15,17H,2-3,10H2,1H3,(H,18,21)(H,19,20)/b9-6+. The number of amides is 1. The first-order valence-corrected chi connectivity index (χ1v) is 7.11. The van der Waals surface area contributed by atoms with Crippen molar-refractivity contribution < 1.29 is 14.7 Å². The molecule has 2 unspecified atom stereocenters. The first-order valence-electron chi connectivity index (χ1n) is 7.11. The van der Waals surface area contributed by atoms with Gasteiger partial charge in [0.1, 0.15) is 0 Å². The molecular formula is C16H20N2O3. The Kier molecular flexibility index (Phi) is 5.11.